The molecule has 0 N–H and O–H groups in total. The number of aromatic nitrogens is 3. The van der Waals surface area contributed by atoms with Crippen LogP contribution in [0.3, 0.4) is 0 Å². The lowest BCUT2D eigenvalue weighted by Gasteiger charge is -2.22. The van der Waals surface area contributed by atoms with Gasteiger partial charge in [0.2, 0.25) is 0 Å². The molecule has 0 amide bonds. The molecule has 1 saturated heterocycles. The monoisotopic (exact) mass is 279 g/mol. The molecule has 0 radical (unpaired) electrons. The van der Waals surface area contributed by atoms with Gasteiger partial charge in [0.05, 0.1) is 5.69 Å². The minimum absolute atomic E-state index is 0.431. The van der Waals surface area contributed by atoms with Gasteiger partial charge in [-0.25, -0.2) is 0 Å². The van der Waals surface area contributed by atoms with Crippen LogP contribution in [0.4, 0.5) is 0 Å². The number of hydrogen-bond donors (Lipinski definition) is 0. The molecule has 0 unspecified atom stereocenters. The van der Waals surface area contributed by atoms with E-state index >= 15 is 0 Å². The van der Waals surface area contributed by atoms with Gasteiger partial charge >= 0.3 is 0 Å². The van der Waals surface area contributed by atoms with Crippen molar-refractivity contribution in [1.29, 1.82) is 0 Å². The van der Waals surface area contributed by atoms with Crippen LogP contribution in [0.1, 0.15) is 24.6 Å². The normalized spacial score (nSPS) is 16.4. The van der Waals surface area contributed by atoms with E-state index in [0.717, 1.165) is 37.6 Å². The zero-order chi connectivity index (χ0) is 14.1. The molecule has 1 aliphatic heterocycles. The third kappa shape index (κ3) is 2.21. The Hall–Kier alpha value is -2.20. The first kappa shape index (κ1) is 12.5. The van der Waals surface area contributed by atoms with Crippen LogP contribution in [0.15, 0.2) is 48.8 Å². The number of benzene rings is 2. The zero-order valence-electron chi connectivity index (χ0n) is 11.8. The molecule has 2 aromatic carbocycles. The van der Waals surface area contributed by atoms with Crippen molar-refractivity contribution in [2.45, 2.75) is 18.8 Å². The summed E-state index contributed by atoms with van der Waals surface area (Å²) in [6.07, 6.45) is 3.86. The fourth-order valence-corrected chi connectivity index (χ4v) is 3.08. The summed E-state index contributed by atoms with van der Waals surface area (Å²) >= 11 is 0. The summed E-state index contributed by atoms with van der Waals surface area (Å²) in [7, 11) is 0. The van der Waals surface area contributed by atoms with Gasteiger partial charge in [0.1, 0.15) is 12.2 Å². The number of fused-ring (bicyclic) bond motifs is 1. The second kappa shape index (κ2) is 5.30. The molecule has 4 heteroatoms. The van der Waals surface area contributed by atoms with E-state index in [1.165, 1.54) is 10.8 Å². The molecule has 0 spiro atoms. The lowest BCUT2D eigenvalue weighted by Crippen LogP contribution is -2.17. The zero-order valence-corrected chi connectivity index (χ0v) is 11.8. The number of rotatable bonds is 2. The molecule has 0 aliphatic carbocycles. The van der Waals surface area contributed by atoms with Gasteiger partial charge in [-0.2, -0.15) is 0 Å². The summed E-state index contributed by atoms with van der Waals surface area (Å²) in [5.41, 5.74) is 1.15. The summed E-state index contributed by atoms with van der Waals surface area (Å²) in [4.78, 5) is 0. The first-order chi connectivity index (χ1) is 10.4. The van der Waals surface area contributed by atoms with Gasteiger partial charge in [-0.3, -0.25) is 4.57 Å². The second-order valence-corrected chi connectivity index (χ2v) is 5.44. The molecular weight excluding hydrogens is 262 g/mol. The van der Waals surface area contributed by atoms with Crippen LogP contribution in [-0.2, 0) is 4.74 Å². The van der Waals surface area contributed by atoms with Crippen LogP contribution in [0.25, 0.3) is 16.5 Å². The van der Waals surface area contributed by atoms with E-state index in [1.807, 2.05) is 6.33 Å². The molecule has 3 aromatic rings. The predicted molar refractivity (Wildman–Crippen MR) is 81.7 cm³/mol. The van der Waals surface area contributed by atoms with Gasteiger partial charge in [-0.15, -0.1) is 10.2 Å². The Morgan fingerprint density at radius 3 is 2.71 bits per heavy atom. The minimum Gasteiger partial charge on any atom is -0.381 e. The van der Waals surface area contributed by atoms with E-state index < -0.39 is 0 Å². The maximum atomic E-state index is 5.46. The van der Waals surface area contributed by atoms with E-state index in [2.05, 4.69) is 57.2 Å². The van der Waals surface area contributed by atoms with Crippen LogP contribution in [0.2, 0.25) is 0 Å². The van der Waals surface area contributed by atoms with Gasteiger partial charge in [-0.1, -0.05) is 36.4 Å². The topological polar surface area (TPSA) is 39.9 Å². The first-order valence-electron chi connectivity index (χ1n) is 7.39. The smallest absolute Gasteiger partial charge is 0.140 e. The standard InChI is InChI=1S/C17H17N3O/c1-2-6-15-13(4-1)5-3-7-16(15)20-12-18-19-17(20)14-8-10-21-11-9-14/h1-7,12,14H,8-11H2. The van der Waals surface area contributed by atoms with Crippen molar-refractivity contribution in [3.63, 3.8) is 0 Å². The molecule has 1 fully saturated rings. The molecule has 0 bridgehead atoms. The van der Waals surface area contributed by atoms with E-state index in [1.54, 1.807) is 0 Å². The predicted octanol–water partition coefficient (Wildman–Crippen LogP) is 3.31. The molecule has 4 nitrogen and oxygen atoms in total. The largest absolute Gasteiger partial charge is 0.381 e. The fraction of sp³-hybridized carbons (Fsp3) is 0.294. The van der Waals surface area contributed by atoms with E-state index in [4.69, 9.17) is 4.74 Å². The van der Waals surface area contributed by atoms with Crippen LogP contribution >= 0.6 is 0 Å². The van der Waals surface area contributed by atoms with Crippen molar-refractivity contribution >= 4 is 10.8 Å². The highest BCUT2D eigenvalue weighted by atomic mass is 16.5. The van der Waals surface area contributed by atoms with Gasteiger partial charge < -0.3 is 4.74 Å². The van der Waals surface area contributed by atoms with Crippen LogP contribution in [-0.4, -0.2) is 28.0 Å². The number of ether oxygens (including phenoxy) is 1. The minimum atomic E-state index is 0.431. The van der Waals surface area contributed by atoms with Gasteiger partial charge in [0, 0.05) is 24.5 Å². The summed E-state index contributed by atoms with van der Waals surface area (Å²) in [6.45, 7) is 1.63. The number of hydrogen-bond acceptors (Lipinski definition) is 3. The van der Waals surface area contributed by atoms with E-state index in [-0.39, 0.29) is 0 Å². The maximum absolute atomic E-state index is 5.46. The third-order valence-corrected chi connectivity index (χ3v) is 4.19. The second-order valence-electron chi connectivity index (χ2n) is 5.44. The van der Waals surface area contributed by atoms with Crippen LogP contribution in [0, 0.1) is 0 Å². The highest BCUT2D eigenvalue weighted by Gasteiger charge is 2.22. The molecule has 2 heterocycles. The van der Waals surface area contributed by atoms with E-state index in [9.17, 15) is 0 Å². The molecule has 1 aromatic heterocycles. The molecule has 106 valence electrons. The van der Waals surface area contributed by atoms with E-state index in [0.29, 0.717) is 5.92 Å². The number of nitrogens with zero attached hydrogens (tertiary/aromatic N) is 3. The SMILES string of the molecule is c1ccc2c(-n3cnnc3C3CCOCC3)cccc2c1. The quantitative estimate of drug-likeness (QED) is 0.722. The van der Waals surface area contributed by atoms with Crippen molar-refractivity contribution in [3.8, 4) is 5.69 Å². The van der Waals surface area contributed by atoms with Gasteiger partial charge in [0.15, 0.2) is 0 Å². The van der Waals surface area contributed by atoms with Gasteiger partial charge in [0.25, 0.3) is 0 Å². The van der Waals surface area contributed by atoms with Crippen molar-refractivity contribution in [2.75, 3.05) is 13.2 Å². The highest BCUT2D eigenvalue weighted by Crippen LogP contribution is 2.29. The Balaban J connectivity index is 1.84. The fourth-order valence-electron chi connectivity index (χ4n) is 3.08. The molecular formula is C17H17N3O. The van der Waals surface area contributed by atoms with Crippen molar-refractivity contribution in [3.05, 3.63) is 54.6 Å². The van der Waals surface area contributed by atoms with Crippen molar-refractivity contribution in [1.82, 2.24) is 14.8 Å². The summed E-state index contributed by atoms with van der Waals surface area (Å²) in [5.74, 6) is 1.48. The molecule has 0 saturated carbocycles. The summed E-state index contributed by atoms with van der Waals surface area (Å²) in [6, 6.07) is 14.8. The Morgan fingerprint density at radius 2 is 1.81 bits per heavy atom. The maximum Gasteiger partial charge on any atom is 0.140 e. The molecule has 0 atom stereocenters. The van der Waals surface area contributed by atoms with Crippen molar-refractivity contribution in [2.24, 2.45) is 0 Å². The average molecular weight is 279 g/mol. The molecule has 21 heavy (non-hydrogen) atoms. The Kier molecular flexibility index (Phi) is 3.16. The first-order valence-corrected chi connectivity index (χ1v) is 7.39. The lowest BCUT2D eigenvalue weighted by atomic mass is 9.99. The van der Waals surface area contributed by atoms with Gasteiger partial charge in [-0.05, 0) is 24.3 Å². The lowest BCUT2D eigenvalue weighted by molar-refractivity contribution is 0.0832. The summed E-state index contributed by atoms with van der Waals surface area (Å²) in [5, 5.41) is 11.0. The Labute approximate surface area is 123 Å². The average Bonchev–Trinajstić information content (AvgIpc) is 3.04. The Morgan fingerprint density at radius 1 is 1.00 bits per heavy atom. The molecule has 1 aliphatic rings. The highest BCUT2D eigenvalue weighted by molar-refractivity contribution is 5.90. The third-order valence-electron chi connectivity index (χ3n) is 4.19. The van der Waals surface area contributed by atoms with Crippen LogP contribution < -0.4 is 0 Å². The Bertz CT molecular complexity index is 754. The summed E-state index contributed by atoms with van der Waals surface area (Å²) < 4.78 is 7.59. The van der Waals surface area contributed by atoms with Crippen molar-refractivity contribution < 1.29 is 4.74 Å². The van der Waals surface area contributed by atoms with Crippen LogP contribution in [0.5, 0.6) is 0 Å². The molecule has 4 rings (SSSR count).